The minimum absolute atomic E-state index is 0.0832. The van der Waals surface area contributed by atoms with E-state index < -0.39 is 23.2 Å². The first-order valence-electron chi connectivity index (χ1n) is 24.7. The van der Waals surface area contributed by atoms with E-state index in [2.05, 4.69) is 10.6 Å². The van der Waals surface area contributed by atoms with E-state index in [1.807, 2.05) is 213 Å². The number of hydrogen-bond donors (Lipinski definition) is 4. The third kappa shape index (κ3) is 11.8. The average Bonchev–Trinajstić information content (AvgIpc) is 3.37. The molecule has 372 valence electrons. The first kappa shape index (κ1) is 52.0. The Balaban J connectivity index is 0.000000211. The van der Waals surface area contributed by atoms with Crippen LogP contribution in [0.2, 0.25) is 0 Å². The lowest BCUT2D eigenvalue weighted by atomic mass is 9.83. The fourth-order valence-corrected chi connectivity index (χ4v) is 9.13. The summed E-state index contributed by atoms with van der Waals surface area (Å²) in [5, 5.41) is 6.14. The van der Waals surface area contributed by atoms with Crippen molar-refractivity contribution in [1.82, 2.24) is 20.4 Å². The van der Waals surface area contributed by atoms with E-state index in [0.29, 0.717) is 11.1 Å². The van der Waals surface area contributed by atoms with Crippen LogP contribution in [0, 0.1) is 11.8 Å². The van der Waals surface area contributed by atoms with E-state index in [9.17, 15) is 19.2 Å². The summed E-state index contributed by atoms with van der Waals surface area (Å²) in [7, 11) is 0. The number of aliphatic imine (C=N–C) groups is 2. The van der Waals surface area contributed by atoms with Crippen LogP contribution in [0.4, 0.5) is 0 Å². The van der Waals surface area contributed by atoms with Crippen LogP contribution in [0.25, 0.3) is 0 Å². The molecule has 0 saturated carbocycles. The number of nitrogens with two attached hydrogens (primary N) is 2. The van der Waals surface area contributed by atoms with Crippen molar-refractivity contribution < 1.29 is 19.2 Å². The molecule has 2 unspecified atom stereocenters. The summed E-state index contributed by atoms with van der Waals surface area (Å²) in [5.41, 5.74) is 18.3. The number of hydrogen-bond acceptors (Lipinski definition) is 8. The molecular formula is C60H68N8O4. The van der Waals surface area contributed by atoms with Crippen LogP contribution in [0.3, 0.4) is 0 Å². The minimum atomic E-state index is -0.547. The Bertz CT molecular complexity index is 2710. The van der Waals surface area contributed by atoms with Gasteiger partial charge in [-0.05, 0) is 97.2 Å². The Morgan fingerprint density at radius 1 is 0.458 bits per heavy atom. The Labute approximate surface area is 424 Å². The SMILES string of the molecule is CC(C)[C@]1(C)CC(=O)N(C(c2ccccc2)c2cccc(C(=O)N[C@@H](C)c3ccccc3)c2)C(N)=N1.CC(C)[C@]1(C)CC(=O)N(C(c2ccccc2)c2cccc(C(=O)N[C@@H](C)c3ccccc3)c2)C(N)=N1. The highest BCUT2D eigenvalue weighted by atomic mass is 16.2. The maximum atomic E-state index is 13.5. The van der Waals surface area contributed by atoms with Crippen LogP contribution in [-0.4, -0.2) is 56.4 Å². The van der Waals surface area contributed by atoms with E-state index in [0.717, 1.165) is 33.4 Å². The van der Waals surface area contributed by atoms with E-state index in [1.165, 1.54) is 0 Å². The van der Waals surface area contributed by atoms with Crippen molar-refractivity contribution in [2.75, 3.05) is 0 Å². The Kier molecular flexibility index (Phi) is 16.2. The predicted molar refractivity (Wildman–Crippen MR) is 287 cm³/mol. The number of nitrogens with zero attached hydrogens (tertiary/aromatic N) is 4. The molecule has 0 spiro atoms. The summed E-state index contributed by atoms with van der Waals surface area (Å²) in [5.74, 6) is 0.192. The Morgan fingerprint density at radius 3 is 1.04 bits per heavy atom. The molecule has 8 rings (SSSR count). The van der Waals surface area contributed by atoms with Gasteiger partial charge in [-0.3, -0.25) is 29.0 Å². The largest absolute Gasteiger partial charge is 0.369 e. The van der Waals surface area contributed by atoms with Crippen LogP contribution in [-0.2, 0) is 9.59 Å². The molecule has 2 heterocycles. The standard InChI is InChI=1S/2C30H34N4O2/c2*1-20(2)30(4)19-26(35)34(29(31)33-30)27(23-14-9-6-10-15-23)24-16-11-17-25(18-24)28(36)32-21(3)22-12-7-5-8-13-22/h2*5-18,20-21,27H,19H2,1-4H3,(H2,31,33)(H,32,36)/t2*21-,27?,30-/m00/s1. The molecule has 2 aliphatic heterocycles. The Hall–Kier alpha value is -7.86. The average molecular weight is 965 g/mol. The number of carbonyl (C=O) groups excluding carboxylic acids is 4. The van der Waals surface area contributed by atoms with Gasteiger partial charge in [-0.15, -0.1) is 0 Å². The summed E-state index contributed by atoms with van der Waals surface area (Å²) in [4.78, 5) is 66.1. The van der Waals surface area contributed by atoms with Crippen LogP contribution in [0.15, 0.2) is 180 Å². The molecule has 0 fully saturated rings. The van der Waals surface area contributed by atoms with Gasteiger partial charge in [0, 0.05) is 11.1 Å². The minimum Gasteiger partial charge on any atom is -0.369 e. The number of benzene rings is 6. The van der Waals surface area contributed by atoms with Gasteiger partial charge in [0.2, 0.25) is 11.8 Å². The molecule has 6 aromatic rings. The lowest BCUT2D eigenvalue weighted by molar-refractivity contribution is -0.132. The third-order valence-electron chi connectivity index (χ3n) is 14.2. The quantitative estimate of drug-likeness (QED) is 0.0845. The number of guanidine groups is 2. The molecule has 0 saturated heterocycles. The monoisotopic (exact) mass is 965 g/mol. The van der Waals surface area contributed by atoms with Crippen molar-refractivity contribution in [2.45, 2.75) is 103 Å². The predicted octanol–water partition coefficient (Wildman–Crippen LogP) is 10.5. The van der Waals surface area contributed by atoms with Gasteiger partial charge in [0.05, 0.1) is 48.1 Å². The summed E-state index contributed by atoms with van der Waals surface area (Å²) >= 11 is 0. The highest BCUT2D eigenvalue weighted by molar-refractivity contribution is 6.01. The van der Waals surface area contributed by atoms with E-state index in [1.54, 1.807) is 21.9 Å². The van der Waals surface area contributed by atoms with Crippen LogP contribution in [0.5, 0.6) is 0 Å². The molecular weight excluding hydrogens is 897 g/mol. The van der Waals surface area contributed by atoms with Crippen molar-refractivity contribution in [2.24, 2.45) is 33.3 Å². The lowest BCUT2D eigenvalue weighted by Crippen LogP contribution is -2.53. The van der Waals surface area contributed by atoms with Gasteiger partial charge in [0.25, 0.3) is 11.8 Å². The third-order valence-corrected chi connectivity index (χ3v) is 14.2. The Morgan fingerprint density at radius 2 is 0.750 bits per heavy atom. The molecule has 6 N–H and O–H groups in total. The molecule has 4 amide bonds. The second kappa shape index (κ2) is 22.5. The van der Waals surface area contributed by atoms with Crippen LogP contribution < -0.4 is 22.1 Å². The number of carbonyl (C=O) groups is 4. The van der Waals surface area contributed by atoms with Crippen molar-refractivity contribution in [3.05, 3.63) is 214 Å². The van der Waals surface area contributed by atoms with Crippen LogP contribution >= 0.6 is 0 Å². The van der Waals surface area contributed by atoms with Gasteiger partial charge in [0.15, 0.2) is 11.9 Å². The van der Waals surface area contributed by atoms with Gasteiger partial charge in [0.1, 0.15) is 0 Å². The zero-order valence-electron chi connectivity index (χ0n) is 42.6. The normalized spacial score (nSPS) is 19.5. The zero-order valence-corrected chi connectivity index (χ0v) is 42.6. The second-order valence-electron chi connectivity index (χ2n) is 19.9. The molecule has 12 nitrogen and oxygen atoms in total. The topological polar surface area (TPSA) is 176 Å². The molecule has 2 aliphatic rings. The number of nitrogens with one attached hydrogen (secondary N) is 2. The fourth-order valence-electron chi connectivity index (χ4n) is 9.13. The molecule has 6 atom stereocenters. The van der Waals surface area contributed by atoms with Gasteiger partial charge in [-0.2, -0.15) is 0 Å². The maximum Gasteiger partial charge on any atom is 0.251 e. The molecule has 0 bridgehead atoms. The molecule has 0 aromatic heterocycles. The van der Waals surface area contributed by atoms with Crippen molar-refractivity contribution in [1.29, 1.82) is 0 Å². The summed E-state index contributed by atoms with van der Waals surface area (Å²) in [6.07, 6.45) is 0.535. The lowest BCUT2D eigenvalue weighted by Gasteiger charge is -2.41. The van der Waals surface area contributed by atoms with Gasteiger partial charge in [-0.1, -0.05) is 173 Å². The second-order valence-corrected chi connectivity index (χ2v) is 19.9. The molecule has 0 radical (unpaired) electrons. The van der Waals surface area contributed by atoms with Crippen molar-refractivity contribution in [3.63, 3.8) is 0 Å². The summed E-state index contributed by atoms with van der Waals surface area (Å²) < 4.78 is 0. The number of rotatable bonds is 14. The molecule has 72 heavy (non-hydrogen) atoms. The summed E-state index contributed by atoms with van der Waals surface area (Å²) in [6, 6.07) is 52.6. The van der Waals surface area contributed by atoms with Gasteiger partial charge in [-0.25, -0.2) is 9.98 Å². The van der Waals surface area contributed by atoms with Gasteiger partial charge < -0.3 is 22.1 Å². The van der Waals surface area contributed by atoms with Crippen LogP contribution in [0.1, 0.15) is 146 Å². The maximum absolute atomic E-state index is 13.5. The first-order valence-corrected chi connectivity index (χ1v) is 24.7. The van der Waals surface area contributed by atoms with E-state index in [4.69, 9.17) is 21.5 Å². The fraction of sp³-hybridized carbons (Fsp3) is 0.300. The number of amides is 4. The van der Waals surface area contributed by atoms with E-state index >= 15 is 0 Å². The molecule has 12 heteroatoms. The highest BCUT2D eigenvalue weighted by Crippen LogP contribution is 2.38. The first-order chi connectivity index (χ1) is 34.4. The smallest absolute Gasteiger partial charge is 0.251 e. The molecule has 0 aliphatic carbocycles. The van der Waals surface area contributed by atoms with Gasteiger partial charge >= 0.3 is 0 Å². The highest BCUT2D eigenvalue weighted by Gasteiger charge is 2.43. The molecule has 6 aromatic carbocycles. The van der Waals surface area contributed by atoms with Crippen molar-refractivity contribution >= 4 is 35.5 Å². The summed E-state index contributed by atoms with van der Waals surface area (Å²) in [6.45, 7) is 16.0. The van der Waals surface area contributed by atoms with Crippen molar-refractivity contribution in [3.8, 4) is 0 Å². The van der Waals surface area contributed by atoms with E-state index in [-0.39, 0.29) is 72.3 Å². The zero-order chi connectivity index (χ0) is 51.7.